The number of piperazine rings is 1. The normalized spacial score (nSPS) is 20.6. The molecule has 18 heavy (non-hydrogen) atoms. The molecule has 1 N–H and O–H groups in total. The lowest BCUT2D eigenvalue weighted by Gasteiger charge is -2.32. The lowest BCUT2D eigenvalue weighted by atomic mass is 10.1. The Kier molecular flexibility index (Phi) is 4.34. The molecule has 0 spiro atoms. The van der Waals surface area contributed by atoms with Gasteiger partial charge in [0.1, 0.15) is 0 Å². The Morgan fingerprint density at radius 2 is 2.11 bits per heavy atom. The van der Waals surface area contributed by atoms with Crippen molar-refractivity contribution < 1.29 is 9.59 Å². The molecular formula is C13H15IN2O2. The van der Waals surface area contributed by atoms with E-state index in [4.69, 9.17) is 0 Å². The molecule has 0 bridgehead atoms. The van der Waals surface area contributed by atoms with Gasteiger partial charge in [0.2, 0.25) is 5.91 Å². The van der Waals surface area contributed by atoms with Crippen LogP contribution in [0.3, 0.4) is 0 Å². The first-order valence-electron chi connectivity index (χ1n) is 5.88. The van der Waals surface area contributed by atoms with Crippen LogP contribution in [0.25, 0.3) is 0 Å². The topological polar surface area (TPSA) is 49.4 Å². The molecule has 1 saturated heterocycles. The summed E-state index contributed by atoms with van der Waals surface area (Å²) in [5.74, 6) is 0.0598. The van der Waals surface area contributed by atoms with E-state index in [0.29, 0.717) is 18.7 Å². The van der Waals surface area contributed by atoms with Crippen LogP contribution in [0.15, 0.2) is 24.3 Å². The number of hydrogen-bond acceptors (Lipinski definition) is 3. The minimum atomic E-state index is -0.230. The Morgan fingerprint density at radius 1 is 1.44 bits per heavy atom. The maximum Gasteiger partial charge on any atom is 0.237 e. The molecule has 0 aliphatic carbocycles. The van der Waals surface area contributed by atoms with Crippen molar-refractivity contribution in [1.82, 2.24) is 10.2 Å². The number of rotatable bonds is 3. The van der Waals surface area contributed by atoms with Gasteiger partial charge in [-0.2, -0.15) is 0 Å². The number of amides is 1. The highest BCUT2D eigenvalue weighted by molar-refractivity contribution is 14.1. The second kappa shape index (κ2) is 5.79. The van der Waals surface area contributed by atoms with Gasteiger partial charge in [-0.25, -0.2) is 0 Å². The number of carbonyl (C=O) groups excluding carboxylic acids is 2. The van der Waals surface area contributed by atoms with Gasteiger partial charge in [0, 0.05) is 22.2 Å². The quantitative estimate of drug-likeness (QED) is 0.655. The summed E-state index contributed by atoms with van der Waals surface area (Å²) < 4.78 is 1.11. The predicted octanol–water partition coefficient (Wildman–Crippen LogP) is 1.29. The Labute approximate surface area is 120 Å². The van der Waals surface area contributed by atoms with E-state index in [1.54, 1.807) is 0 Å². The van der Waals surface area contributed by atoms with Gasteiger partial charge in [0.05, 0.1) is 12.6 Å². The minimum absolute atomic E-state index is 0.00309. The third-order valence-corrected chi connectivity index (χ3v) is 3.86. The molecule has 5 heteroatoms. The van der Waals surface area contributed by atoms with Crippen molar-refractivity contribution >= 4 is 34.3 Å². The van der Waals surface area contributed by atoms with Crippen molar-refractivity contribution in [2.45, 2.75) is 13.0 Å². The van der Waals surface area contributed by atoms with Crippen molar-refractivity contribution in [2.24, 2.45) is 0 Å². The van der Waals surface area contributed by atoms with E-state index in [9.17, 15) is 9.59 Å². The largest absolute Gasteiger partial charge is 0.353 e. The Bertz CT molecular complexity index is 459. The molecule has 96 valence electrons. The highest BCUT2D eigenvalue weighted by atomic mass is 127. The number of benzene rings is 1. The summed E-state index contributed by atoms with van der Waals surface area (Å²) in [5.41, 5.74) is 0.702. The zero-order valence-electron chi connectivity index (χ0n) is 10.1. The maximum absolute atomic E-state index is 12.1. The van der Waals surface area contributed by atoms with Crippen LogP contribution in [0.5, 0.6) is 0 Å². The molecule has 0 saturated carbocycles. The third-order valence-electron chi connectivity index (χ3n) is 3.14. The lowest BCUT2D eigenvalue weighted by molar-refractivity contribution is -0.127. The third kappa shape index (κ3) is 3.08. The summed E-state index contributed by atoms with van der Waals surface area (Å²) in [6, 6.07) is 7.27. The summed E-state index contributed by atoms with van der Waals surface area (Å²) in [4.78, 5) is 25.5. The molecule has 0 radical (unpaired) electrons. The van der Waals surface area contributed by atoms with Crippen LogP contribution in [0, 0.1) is 3.57 Å². The second-order valence-electron chi connectivity index (χ2n) is 4.37. The summed E-state index contributed by atoms with van der Waals surface area (Å²) in [6.45, 7) is 3.47. The molecule has 1 heterocycles. The predicted molar refractivity (Wildman–Crippen MR) is 77.5 cm³/mol. The first kappa shape index (κ1) is 13.5. The fraction of sp³-hybridized carbons (Fsp3) is 0.385. The first-order chi connectivity index (χ1) is 8.58. The van der Waals surface area contributed by atoms with Crippen LogP contribution < -0.4 is 5.32 Å². The number of nitrogens with zero attached hydrogens (tertiary/aromatic N) is 1. The molecule has 4 nitrogen and oxygen atoms in total. The zero-order valence-corrected chi connectivity index (χ0v) is 12.3. The van der Waals surface area contributed by atoms with Gasteiger partial charge in [-0.1, -0.05) is 12.1 Å². The molecule has 1 aromatic rings. The molecule has 2 rings (SSSR count). The van der Waals surface area contributed by atoms with E-state index >= 15 is 0 Å². The summed E-state index contributed by atoms with van der Waals surface area (Å²) in [6.07, 6.45) is 0. The van der Waals surface area contributed by atoms with Crippen molar-refractivity contribution in [3.63, 3.8) is 0 Å². The highest BCUT2D eigenvalue weighted by Crippen LogP contribution is 2.10. The fourth-order valence-corrected chi connectivity index (χ4v) is 2.32. The van der Waals surface area contributed by atoms with Gasteiger partial charge >= 0.3 is 0 Å². The number of carbonyl (C=O) groups is 2. The van der Waals surface area contributed by atoms with Gasteiger partial charge in [0.25, 0.3) is 0 Å². The average Bonchev–Trinajstić information content (AvgIpc) is 2.36. The van der Waals surface area contributed by atoms with Crippen LogP contribution in [-0.4, -0.2) is 42.3 Å². The van der Waals surface area contributed by atoms with E-state index in [1.807, 2.05) is 36.1 Å². The Balaban J connectivity index is 2.02. The van der Waals surface area contributed by atoms with E-state index in [-0.39, 0.29) is 17.7 Å². The van der Waals surface area contributed by atoms with Crippen LogP contribution in [0.4, 0.5) is 0 Å². The SMILES string of the molecule is CC1C(=O)NCCN1CC(=O)c1ccc(I)cc1. The van der Waals surface area contributed by atoms with Crippen LogP contribution in [-0.2, 0) is 4.79 Å². The lowest BCUT2D eigenvalue weighted by Crippen LogP contribution is -2.55. The summed E-state index contributed by atoms with van der Waals surface area (Å²) in [7, 11) is 0. The standard InChI is InChI=1S/C13H15IN2O2/c1-9-13(18)15-6-7-16(9)8-12(17)10-2-4-11(14)5-3-10/h2-5,9H,6-8H2,1H3,(H,15,18). The van der Waals surface area contributed by atoms with E-state index in [0.717, 1.165) is 10.1 Å². The summed E-state index contributed by atoms with van der Waals surface area (Å²) in [5, 5.41) is 2.79. The van der Waals surface area contributed by atoms with Crippen molar-refractivity contribution in [3.05, 3.63) is 33.4 Å². The average molecular weight is 358 g/mol. The molecule has 1 unspecified atom stereocenters. The van der Waals surface area contributed by atoms with Gasteiger partial charge in [0.15, 0.2) is 5.78 Å². The molecule has 1 aromatic carbocycles. The number of ketones is 1. The fourth-order valence-electron chi connectivity index (χ4n) is 1.96. The van der Waals surface area contributed by atoms with E-state index in [2.05, 4.69) is 27.9 Å². The molecule has 1 atom stereocenters. The van der Waals surface area contributed by atoms with Crippen LogP contribution >= 0.6 is 22.6 Å². The monoisotopic (exact) mass is 358 g/mol. The Hall–Kier alpha value is -0.950. The molecule has 1 fully saturated rings. The smallest absolute Gasteiger partial charge is 0.237 e. The number of Topliss-reactive ketones (excluding diaryl/α,β-unsaturated/α-hetero) is 1. The molecule has 1 amide bonds. The van der Waals surface area contributed by atoms with Crippen LogP contribution in [0.2, 0.25) is 0 Å². The van der Waals surface area contributed by atoms with Gasteiger partial charge < -0.3 is 5.32 Å². The molecule has 1 aliphatic heterocycles. The van der Waals surface area contributed by atoms with Crippen molar-refractivity contribution in [3.8, 4) is 0 Å². The number of hydrogen-bond donors (Lipinski definition) is 1. The molecular weight excluding hydrogens is 343 g/mol. The first-order valence-corrected chi connectivity index (χ1v) is 6.96. The summed E-state index contributed by atoms with van der Waals surface area (Å²) >= 11 is 2.21. The number of nitrogens with one attached hydrogen (secondary N) is 1. The van der Waals surface area contributed by atoms with Crippen molar-refractivity contribution in [1.29, 1.82) is 0 Å². The second-order valence-corrected chi connectivity index (χ2v) is 5.61. The van der Waals surface area contributed by atoms with Gasteiger partial charge in [-0.3, -0.25) is 14.5 Å². The maximum atomic E-state index is 12.1. The van der Waals surface area contributed by atoms with E-state index < -0.39 is 0 Å². The molecule has 0 aromatic heterocycles. The van der Waals surface area contributed by atoms with E-state index in [1.165, 1.54) is 0 Å². The van der Waals surface area contributed by atoms with Crippen LogP contribution in [0.1, 0.15) is 17.3 Å². The molecule has 1 aliphatic rings. The van der Waals surface area contributed by atoms with Gasteiger partial charge in [-0.15, -0.1) is 0 Å². The minimum Gasteiger partial charge on any atom is -0.353 e. The zero-order chi connectivity index (χ0) is 13.1. The van der Waals surface area contributed by atoms with Gasteiger partial charge in [-0.05, 0) is 41.6 Å². The number of halogens is 1. The Morgan fingerprint density at radius 3 is 2.78 bits per heavy atom. The highest BCUT2D eigenvalue weighted by Gasteiger charge is 2.26. The van der Waals surface area contributed by atoms with Crippen molar-refractivity contribution in [2.75, 3.05) is 19.6 Å².